The van der Waals surface area contributed by atoms with E-state index in [9.17, 15) is 14.0 Å². The summed E-state index contributed by atoms with van der Waals surface area (Å²) in [6.07, 6.45) is 1.58. The average molecular weight is 348 g/mol. The van der Waals surface area contributed by atoms with Crippen LogP contribution in [0.2, 0.25) is 0 Å². The van der Waals surface area contributed by atoms with Gasteiger partial charge >= 0.3 is 6.16 Å². The van der Waals surface area contributed by atoms with Crippen LogP contribution in [0.5, 0.6) is 5.75 Å². The molecule has 1 aliphatic heterocycles. The van der Waals surface area contributed by atoms with Crippen molar-refractivity contribution in [3.8, 4) is 5.75 Å². The third-order valence-electron chi connectivity index (χ3n) is 4.46. The van der Waals surface area contributed by atoms with Crippen LogP contribution < -0.4 is 20.4 Å². The van der Waals surface area contributed by atoms with Gasteiger partial charge in [-0.1, -0.05) is 0 Å². The Morgan fingerprint density at radius 3 is 2.72 bits per heavy atom. The van der Waals surface area contributed by atoms with Crippen LogP contribution in [-0.2, 0) is 0 Å². The Morgan fingerprint density at radius 1 is 1.36 bits per heavy atom. The maximum Gasteiger partial charge on any atom is 0.511 e. The van der Waals surface area contributed by atoms with E-state index in [4.69, 9.17) is 5.11 Å². The van der Waals surface area contributed by atoms with Crippen molar-refractivity contribution in [1.82, 2.24) is 14.9 Å². The van der Waals surface area contributed by atoms with E-state index in [-0.39, 0.29) is 23.0 Å². The molecule has 4 rings (SSSR count). The summed E-state index contributed by atoms with van der Waals surface area (Å²) in [5.41, 5.74) is -0.312. The van der Waals surface area contributed by atoms with Gasteiger partial charge in [-0.2, -0.15) is 0 Å². The fourth-order valence-corrected chi connectivity index (χ4v) is 3.11. The third kappa shape index (κ3) is 2.91. The van der Waals surface area contributed by atoms with Gasteiger partial charge in [-0.3, -0.25) is 4.79 Å². The van der Waals surface area contributed by atoms with E-state index < -0.39 is 17.4 Å². The lowest BCUT2D eigenvalue weighted by Crippen LogP contribution is -2.44. The molecule has 0 atom stereocenters. The quantitative estimate of drug-likeness (QED) is 0.808. The first kappa shape index (κ1) is 15.8. The molecule has 0 amide bonds. The first-order valence-electron chi connectivity index (χ1n) is 8.16. The predicted octanol–water partition coefficient (Wildman–Crippen LogP) is 1.34. The summed E-state index contributed by atoms with van der Waals surface area (Å²) in [6.45, 7) is 2.73. The number of ether oxygens (including phenoxy) is 1. The minimum absolute atomic E-state index is 0.0297. The highest BCUT2D eigenvalue weighted by Gasteiger charge is 2.28. The van der Waals surface area contributed by atoms with Gasteiger partial charge in [-0.05, 0) is 18.9 Å². The summed E-state index contributed by atoms with van der Waals surface area (Å²) in [7, 11) is 0. The van der Waals surface area contributed by atoms with Gasteiger partial charge < -0.3 is 24.6 Å². The molecule has 2 aromatic heterocycles. The summed E-state index contributed by atoms with van der Waals surface area (Å²) >= 11 is 0. The molecule has 0 unspecified atom stereocenters. The van der Waals surface area contributed by atoms with Crippen molar-refractivity contribution in [2.45, 2.75) is 18.9 Å². The van der Waals surface area contributed by atoms with E-state index in [1.54, 1.807) is 4.57 Å². The Labute approximate surface area is 141 Å². The Kier molecular flexibility index (Phi) is 3.79. The highest BCUT2D eigenvalue weighted by molar-refractivity contribution is 5.80. The number of piperazine rings is 1. The van der Waals surface area contributed by atoms with Crippen molar-refractivity contribution < 1.29 is 19.0 Å². The SMILES string of the molecule is O=C(O)Oc1cn(C2CC2)c2nc(N3CCNCC3)c(F)cc2c1=O. The fourth-order valence-electron chi connectivity index (χ4n) is 3.11. The van der Waals surface area contributed by atoms with E-state index >= 15 is 0 Å². The minimum atomic E-state index is -1.58. The van der Waals surface area contributed by atoms with Crippen molar-refractivity contribution in [2.75, 3.05) is 31.1 Å². The van der Waals surface area contributed by atoms with Gasteiger partial charge in [0, 0.05) is 32.2 Å². The van der Waals surface area contributed by atoms with Gasteiger partial charge in [-0.15, -0.1) is 0 Å². The Hall–Kier alpha value is -2.68. The number of carbonyl (C=O) groups is 1. The summed E-state index contributed by atoms with van der Waals surface area (Å²) < 4.78 is 20.9. The molecule has 25 heavy (non-hydrogen) atoms. The molecule has 0 aromatic carbocycles. The zero-order valence-electron chi connectivity index (χ0n) is 13.4. The number of halogens is 1. The monoisotopic (exact) mass is 348 g/mol. The van der Waals surface area contributed by atoms with Crippen molar-refractivity contribution in [3.05, 3.63) is 28.3 Å². The van der Waals surface area contributed by atoms with Crippen LogP contribution in [0, 0.1) is 5.82 Å². The highest BCUT2D eigenvalue weighted by atomic mass is 19.1. The Bertz CT molecular complexity index is 903. The molecule has 3 heterocycles. The molecular formula is C16H17FN4O4. The number of carboxylic acid groups (broad SMARTS) is 1. The number of hydrogen-bond donors (Lipinski definition) is 2. The maximum absolute atomic E-state index is 14.6. The number of aromatic nitrogens is 2. The number of fused-ring (bicyclic) bond motifs is 1. The topological polar surface area (TPSA) is 96.7 Å². The molecule has 132 valence electrons. The molecule has 1 aliphatic carbocycles. The van der Waals surface area contributed by atoms with Crippen LogP contribution in [0.25, 0.3) is 11.0 Å². The van der Waals surface area contributed by atoms with Crippen molar-refractivity contribution in [2.24, 2.45) is 0 Å². The zero-order chi connectivity index (χ0) is 17.6. The second kappa shape index (κ2) is 5.99. The Morgan fingerprint density at radius 2 is 2.08 bits per heavy atom. The Balaban J connectivity index is 1.90. The molecule has 2 aromatic rings. The van der Waals surface area contributed by atoms with Crippen molar-refractivity contribution >= 4 is 23.0 Å². The molecule has 8 nitrogen and oxygen atoms in total. The number of pyridine rings is 2. The number of rotatable bonds is 3. The smallest absolute Gasteiger partial charge is 0.449 e. The van der Waals surface area contributed by atoms with E-state index in [0.717, 1.165) is 32.0 Å². The van der Waals surface area contributed by atoms with E-state index in [2.05, 4.69) is 15.0 Å². The van der Waals surface area contributed by atoms with Gasteiger partial charge in [0.15, 0.2) is 17.4 Å². The molecule has 1 saturated carbocycles. The fraction of sp³-hybridized carbons (Fsp3) is 0.438. The number of nitrogens with zero attached hydrogens (tertiary/aromatic N) is 3. The predicted molar refractivity (Wildman–Crippen MR) is 88.0 cm³/mol. The van der Waals surface area contributed by atoms with Gasteiger partial charge in [-0.25, -0.2) is 14.2 Å². The average Bonchev–Trinajstić information content (AvgIpc) is 3.42. The summed E-state index contributed by atoms with van der Waals surface area (Å²) in [5.74, 6) is -0.709. The largest absolute Gasteiger partial charge is 0.511 e. The van der Waals surface area contributed by atoms with Crippen LogP contribution in [0.1, 0.15) is 18.9 Å². The molecule has 2 fully saturated rings. The van der Waals surface area contributed by atoms with Gasteiger partial charge in [0.2, 0.25) is 5.43 Å². The number of hydrogen-bond acceptors (Lipinski definition) is 6. The van der Waals surface area contributed by atoms with E-state index in [0.29, 0.717) is 18.7 Å². The second-order valence-electron chi connectivity index (χ2n) is 6.23. The summed E-state index contributed by atoms with van der Waals surface area (Å²) in [5, 5.41) is 12.0. The normalized spacial score (nSPS) is 17.7. The third-order valence-corrected chi connectivity index (χ3v) is 4.46. The van der Waals surface area contributed by atoms with Gasteiger partial charge in [0.05, 0.1) is 11.6 Å². The van der Waals surface area contributed by atoms with Crippen LogP contribution in [0.4, 0.5) is 15.0 Å². The number of nitrogens with one attached hydrogen (secondary N) is 1. The van der Waals surface area contributed by atoms with Crippen molar-refractivity contribution in [3.63, 3.8) is 0 Å². The molecular weight excluding hydrogens is 331 g/mol. The van der Waals surface area contributed by atoms with Crippen LogP contribution >= 0.6 is 0 Å². The maximum atomic E-state index is 14.6. The lowest BCUT2D eigenvalue weighted by atomic mass is 10.2. The number of anilines is 1. The molecule has 0 spiro atoms. The summed E-state index contributed by atoms with van der Waals surface area (Å²) in [6, 6.07) is 1.25. The van der Waals surface area contributed by atoms with E-state index in [1.807, 2.05) is 4.90 Å². The van der Waals surface area contributed by atoms with Crippen molar-refractivity contribution in [1.29, 1.82) is 0 Å². The molecule has 0 radical (unpaired) electrons. The molecule has 2 aliphatic rings. The van der Waals surface area contributed by atoms with Crippen LogP contribution in [0.3, 0.4) is 0 Å². The zero-order valence-corrected chi connectivity index (χ0v) is 13.4. The first-order chi connectivity index (χ1) is 12.0. The lowest BCUT2D eigenvalue weighted by molar-refractivity contribution is 0.143. The first-order valence-corrected chi connectivity index (χ1v) is 8.16. The summed E-state index contributed by atoms with van der Waals surface area (Å²) in [4.78, 5) is 29.5. The molecule has 9 heteroatoms. The molecule has 1 saturated heterocycles. The van der Waals surface area contributed by atoms with Crippen LogP contribution in [0.15, 0.2) is 17.1 Å². The van der Waals surface area contributed by atoms with Gasteiger partial charge in [0.25, 0.3) is 0 Å². The minimum Gasteiger partial charge on any atom is -0.449 e. The highest BCUT2D eigenvalue weighted by Crippen LogP contribution is 2.37. The molecule has 0 bridgehead atoms. The van der Waals surface area contributed by atoms with Crippen LogP contribution in [-0.4, -0.2) is 47.0 Å². The lowest BCUT2D eigenvalue weighted by Gasteiger charge is -2.29. The molecule has 2 N–H and O–H groups in total. The standard InChI is InChI=1S/C16H17FN4O4/c17-11-7-10-13(22)12(25-16(23)24)8-21(9-1-2-9)14(10)19-15(11)20-5-3-18-4-6-20/h7-9,18H,1-6H2,(H,23,24). The second-order valence-corrected chi connectivity index (χ2v) is 6.23. The van der Waals surface area contributed by atoms with Gasteiger partial charge in [0.1, 0.15) is 5.65 Å². The van der Waals surface area contributed by atoms with E-state index in [1.165, 1.54) is 6.20 Å².